The van der Waals surface area contributed by atoms with Crippen LogP contribution in [0.1, 0.15) is 44.9 Å². The Morgan fingerprint density at radius 2 is 1.90 bits per heavy atom. The number of rotatable bonds is 5. The monoisotopic (exact) mass is 290 g/mol. The molecule has 0 heterocycles. The number of phenols is 1. The highest BCUT2D eigenvalue weighted by molar-refractivity contribution is 5.66. The molecule has 0 aromatic heterocycles. The first-order valence-corrected chi connectivity index (χ1v) is 7.89. The molecule has 0 radical (unpaired) electrons. The minimum atomic E-state index is -0.377. The lowest BCUT2D eigenvalue weighted by Gasteiger charge is -2.36. The van der Waals surface area contributed by atoms with Crippen molar-refractivity contribution in [3.05, 3.63) is 28.3 Å². The number of benzene rings is 1. The van der Waals surface area contributed by atoms with Crippen LogP contribution in [0.3, 0.4) is 0 Å². The van der Waals surface area contributed by atoms with Gasteiger partial charge in [0.05, 0.1) is 11.0 Å². The lowest BCUT2D eigenvalue weighted by atomic mass is 9.93. The van der Waals surface area contributed by atoms with Crippen molar-refractivity contribution in [3.63, 3.8) is 0 Å². The topological polar surface area (TPSA) is 66.6 Å². The van der Waals surface area contributed by atoms with Crippen molar-refractivity contribution in [2.45, 2.75) is 51.0 Å². The van der Waals surface area contributed by atoms with E-state index in [0.717, 1.165) is 19.4 Å². The number of nitro benzene ring substituents is 1. The van der Waals surface area contributed by atoms with Crippen molar-refractivity contribution in [1.82, 2.24) is 0 Å². The Morgan fingerprint density at radius 1 is 1.19 bits per heavy atom. The molecule has 2 aliphatic rings. The number of anilines is 1. The summed E-state index contributed by atoms with van der Waals surface area (Å²) >= 11 is 0. The molecule has 0 saturated heterocycles. The van der Waals surface area contributed by atoms with Gasteiger partial charge in [-0.1, -0.05) is 19.3 Å². The highest BCUT2D eigenvalue weighted by Crippen LogP contribution is 2.39. The average molecular weight is 290 g/mol. The third kappa shape index (κ3) is 3.28. The second-order valence-corrected chi connectivity index (χ2v) is 6.32. The third-order valence-corrected chi connectivity index (χ3v) is 4.63. The summed E-state index contributed by atoms with van der Waals surface area (Å²) in [5.74, 6) is 0.640. The van der Waals surface area contributed by atoms with Gasteiger partial charge in [-0.25, -0.2) is 0 Å². The van der Waals surface area contributed by atoms with E-state index >= 15 is 0 Å². The molecule has 0 atom stereocenters. The Hall–Kier alpha value is -1.78. The number of phenolic OH excluding ortho intramolecular Hbond substituents is 1. The molecule has 21 heavy (non-hydrogen) atoms. The SMILES string of the molecule is O=[N+]([O-])c1cc(O)ccc1N(CC1CC1)C1CCCCC1. The van der Waals surface area contributed by atoms with Gasteiger partial charge in [0.1, 0.15) is 11.4 Å². The van der Waals surface area contributed by atoms with Crippen LogP contribution in [0.5, 0.6) is 5.75 Å². The lowest BCUT2D eigenvalue weighted by molar-refractivity contribution is -0.384. The van der Waals surface area contributed by atoms with E-state index in [1.165, 1.54) is 38.2 Å². The molecule has 2 saturated carbocycles. The largest absolute Gasteiger partial charge is 0.508 e. The molecule has 5 heteroatoms. The fourth-order valence-electron chi connectivity index (χ4n) is 3.32. The van der Waals surface area contributed by atoms with E-state index in [4.69, 9.17) is 0 Å². The van der Waals surface area contributed by atoms with Gasteiger partial charge < -0.3 is 10.0 Å². The maximum atomic E-state index is 11.3. The Kier molecular flexibility index (Phi) is 3.99. The summed E-state index contributed by atoms with van der Waals surface area (Å²) in [4.78, 5) is 13.2. The first kappa shape index (κ1) is 14.2. The smallest absolute Gasteiger partial charge is 0.296 e. The molecule has 1 aromatic rings. The molecule has 5 nitrogen and oxygen atoms in total. The van der Waals surface area contributed by atoms with Crippen LogP contribution in [0, 0.1) is 16.0 Å². The number of hydrogen-bond donors (Lipinski definition) is 1. The van der Waals surface area contributed by atoms with Crippen LogP contribution in [-0.4, -0.2) is 22.6 Å². The summed E-state index contributed by atoms with van der Waals surface area (Å²) < 4.78 is 0. The van der Waals surface area contributed by atoms with E-state index in [9.17, 15) is 15.2 Å². The fraction of sp³-hybridized carbons (Fsp3) is 0.625. The molecule has 0 unspecified atom stereocenters. The van der Waals surface area contributed by atoms with Gasteiger partial charge in [0.25, 0.3) is 5.69 Å². The summed E-state index contributed by atoms with van der Waals surface area (Å²) in [6.07, 6.45) is 8.38. The van der Waals surface area contributed by atoms with Gasteiger partial charge in [-0.2, -0.15) is 0 Å². The van der Waals surface area contributed by atoms with E-state index in [2.05, 4.69) is 4.90 Å². The summed E-state index contributed by atoms with van der Waals surface area (Å²) in [7, 11) is 0. The maximum absolute atomic E-state index is 11.3. The van der Waals surface area contributed by atoms with Crippen molar-refractivity contribution in [2.75, 3.05) is 11.4 Å². The highest BCUT2D eigenvalue weighted by atomic mass is 16.6. The summed E-state index contributed by atoms with van der Waals surface area (Å²) in [5, 5.41) is 20.9. The zero-order valence-electron chi connectivity index (χ0n) is 12.2. The van der Waals surface area contributed by atoms with Crippen molar-refractivity contribution in [3.8, 4) is 5.75 Å². The first-order chi connectivity index (χ1) is 10.1. The lowest BCUT2D eigenvalue weighted by Crippen LogP contribution is -2.38. The van der Waals surface area contributed by atoms with Crippen molar-refractivity contribution >= 4 is 11.4 Å². The summed E-state index contributed by atoms with van der Waals surface area (Å²) in [6.45, 7) is 0.913. The Bertz CT molecular complexity index is 522. The number of nitro groups is 1. The van der Waals surface area contributed by atoms with Gasteiger partial charge in [0, 0.05) is 12.6 Å². The molecule has 2 fully saturated rings. The van der Waals surface area contributed by atoms with Crippen molar-refractivity contribution < 1.29 is 10.0 Å². The normalized spacial score (nSPS) is 19.4. The van der Waals surface area contributed by atoms with E-state index in [1.807, 2.05) is 0 Å². The highest BCUT2D eigenvalue weighted by Gasteiger charge is 2.32. The van der Waals surface area contributed by atoms with Gasteiger partial charge >= 0.3 is 0 Å². The molecule has 0 spiro atoms. The van der Waals surface area contributed by atoms with Crippen LogP contribution in [0.25, 0.3) is 0 Å². The van der Waals surface area contributed by atoms with Gasteiger partial charge in [-0.05, 0) is 43.7 Å². The molecular formula is C16H22N2O3. The number of hydrogen-bond acceptors (Lipinski definition) is 4. The standard InChI is InChI=1S/C16H22N2O3/c19-14-8-9-15(16(10-14)18(20)21)17(11-12-6-7-12)13-4-2-1-3-5-13/h8-10,12-13,19H,1-7,11H2. The van der Waals surface area contributed by atoms with Crippen molar-refractivity contribution in [1.29, 1.82) is 0 Å². The molecule has 0 aliphatic heterocycles. The maximum Gasteiger partial charge on any atom is 0.296 e. The quantitative estimate of drug-likeness (QED) is 0.660. The fourth-order valence-corrected chi connectivity index (χ4v) is 3.32. The Labute approximate surface area is 124 Å². The predicted molar refractivity (Wildman–Crippen MR) is 81.7 cm³/mol. The van der Waals surface area contributed by atoms with E-state index in [-0.39, 0.29) is 16.4 Å². The van der Waals surface area contributed by atoms with Gasteiger partial charge in [-0.15, -0.1) is 0 Å². The summed E-state index contributed by atoms with van der Waals surface area (Å²) in [6, 6.07) is 4.95. The van der Waals surface area contributed by atoms with Gasteiger partial charge in [0.15, 0.2) is 0 Å². The molecule has 1 N–H and O–H groups in total. The Morgan fingerprint density at radius 3 is 2.52 bits per heavy atom. The van der Waals surface area contributed by atoms with Crippen LogP contribution in [-0.2, 0) is 0 Å². The molecule has 3 rings (SSSR count). The molecular weight excluding hydrogens is 268 g/mol. The molecule has 2 aliphatic carbocycles. The van der Waals surface area contributed by atoms with Crippen LogP contribution < -0.4 is 4.90 Å². The molecule has 0 bridgehead atoms. The second-order valence-electron chi connectivity index (χ2n) is 6.32. The summed E-state index contributed by atoms with van der Waals surface area (Å²) in [5.41, 5.74) is 0.706. The zero-order valence-corrected chi connectivity index (χ0v) is 12.2. The minimum Gasteiger partial charge on any atom is -0.508 e. The second kappa shape index (κ2) is 5.92. The number of nitrogens with zero attached hydrogens (tertiary/aromatic N) is 2. The van der Waals surface area contributed by atoms with Crippen molar-refractivity contribution in [2.24, 2.45) is 5.92 Å². The van der Waals surface area contributed by atoms with Crippen LogP contribution in [0.15, 0.2) is 18.2 Å². The third-order valence-electron chi connectivity index (χ3n) is 4.63. The predicted octanol–water partition coefficient (Wildman–Crippen LogP) is 3.85. The molecule has 114 valence electrons. The molecule has 0 amide bonds. The van der Waals surface area contributed by atoms with Crippen LogP contribution >= 0.6 is 0 Å². The zero-order chi connectivity index (χ0) is 14.8. The van der Waals surface area contributed by atoms with E-state index in [0.29, 0.717) is 17.6 Å². The Balaban J connectivity index is 1.92. The van der Waals surface area contributed by atoms with Crippen LogP contribution in [0.4, 0.5) is 11.4 Å². The van der Waals surface area contributed by atoms with Gasteiger partial charge in [0.2, 0.25) is 0 Å². The van der Waals surface area contributed by atoms with Gasteiger partial charge in [-0.3, -0.25) is 10.1 Å². The average Bonchev–Trinajstić information content (AvgIpc) is 3.30. The van der Waals surface area contributed by atoms with E-state index in [1.54, 1.807) is 12.1 Å². The number of aromatic hydroxyl groups is 1. The molecule has 1 aromatic carbocycles. The van der Waals surface area contributed by atoms with E-state index < -0.39 is 0 Å². The van der Waals surface area contributed by atoms with Crippen LogP contribution in [0.2, 0.25) is 0 Å². The first-order valence-electron chi connectivity index (χ1n) is 7.89. The minimum absolute atomic E-state index is 0.0289.